The lowest BCUT2D eigenvalue weighted by molar-refractivity contribution is 0.0961. The van der Waals surface area contributed by atoms with E-state index in [1.54, 1.807) is 11.5 Å². The zero-order chi connectivity index (χ0) is 24.2. The third-order valence-electron chi connectivity index (χ3n) is 5.37. The molecule has 3 aromatic heterocycles. The number of hydrogen-bond acceptors (Lipinski definition) is 10. The maximum atomic E-state index is 13.4. The van der Waals surface area contributed by atoms with Gasteiger partial charge in [0.15, 0.2) is 11.5 Å². The van der Waals surface area contributed by atoms with Gasteiger partial charge in [-0.1, -0.05) is 11.6 Å². The van der Waals surface area contributed by atoms with E-state index in [2.05, 4.69) is 34.9 Å². The molecule has 0 aliphatic heterocycles. The zero-order valence-electron chi connectivity index (χ0n) is 19.1. The summed E-state index contributed by atoms with van der Waals surface area (Å²) in [5.41, 5.74) is 0.421. The molecule has 12 nitrogen and oxygen atoms in total. The number of rotatable bonds is 11. The Hall–Kier alpha value is -2.90. The molecule has 0 aromatic carbocycles. The van der Waals surface area contributed by atoms with Gasteiger partial charge in [-0.3, -0.25) is 9.29 Å². The summed E-state index contributed by atoms with van der Waals surface area (Å²) in [5, 5.41) is 8.46. The molecule has 3 unspecified atom stereocenters. The first kappa shape index (κ1) is 24.2. The standard InChI is InChI=1S/C20H25ClN8O4S/c1-11(16(31-2)17-22-8-13(21)9-23-17)34(30)28-20-27-26-14(7-12-5-6-12)29(20)15-18(32-3)24-10-25-19(15)33-4/h8-12,16H,5-7H2,1-4H3,(H,27,28). The first-order valence-electron chi connectivity index (χ1n) is 10.5. The molecule has 4 rings (SSSR count). The highest BCUT2D eigenvalue weighted by Gasteiger charge is 2.32. The summed E-state index contributed by atoms with van der Waals surface area (Å²) in [4.78, 5) is 16.8. The monoisotopic (exact) mass is 508 g/mol. The van der Waals surface area contributed by atoms with Crippen LogP contribution < -0.4 is 14.2 Å². The second-order valence-electron chi connectivity index (χ2n) is 7.68. The summed E-state index contributed by atoms with van der Waals surface area (Å²) in [7, 11) is 2.83. The minimum Gasteiger partial charge on any atom is -0.479 e. The van der Waals surface area contributed by atoms with E-state index in [0.29, 0.717) is 34.7 Å². The summed E-state index contributed by atoms with van der Waals surface area (Å²) in [6.07, 6.45) is 6.55. The van der Waals surface area contributed by atoms with Crippen LogP contribution >= 0.6 is 11.6 Å². The molecule has 1 aliphatic carbocycles. The van der Waals surface area contributed by atoms with Crippen molar-refractivity contribution in [2.45, 2.75) is 37.5 Å². The van der Waals surface area contributed by atoms with Gasteiger partial charge >= 0.3 is 0 Å². The molecular formula is C20H25ClN8O4S. The predicted molar refractivity (Wildman–Crippen MR) is 125 cm³/mol. The lowest BCUT2D eigenvalue weighted by Gasteiger charge is -2.21. The minimum atomic E-state index is -1.67. The highest BCUT2D eigenvalue weighted by Crippen LogP contribution is 2.36. The van der Waals surface area contributed by atoms with E-state index in [0.717, 1.165) is 12.8 Å². The largest absolute Gasteiger partial charge is 0.479 e. The number of hydrogen-bond donors (Lipinski definition) is 1. The molecule has 0 amide bonds. The lowest BCUT2D eigenvalue weighted by atomic mass is 10.2. The summed E-state index contributed by atoms with van der Waals surface area (Å²) < 4.78 is 34.5. The van der Waals surface area contributed by atoms with Crippen LogP contribution in [0.15, 0.2) is 18.7 Å². The van der Waals surface area contributed by atoms with Crippen LogP contribution in [0.1, 0.15) is 37.5 Å². The number of anilines is 1. The van der Waals surface area contributed by atoms with Crippen LogP contribution in [0.25, 0.3) is 5.69 Å². The van der Waals surface area contributed by atoms with E-state index in [1.165, 1.54) is 40.1 Å². The van der Waals surface area contributed by atoms with Crippen molar-refractivity contribution in [3.63, 3.8) is 0 Å². The Balaban J connectivity index is 1.68. The van der Waals surface area contributed by atoms with Crippen LogP contribution in [0, 0.1) is 5.92 Å². The highest BCUT2D eigenvalue weighted by atomic mass is 35.5. The Morgan fingerprint density at radius 1 is 1.12 bits per heavy atom. The number of aromatic nitrogens is 7. The van der Waals surface area contributed by atoms with Gasteiger partial charge in [-0.05, 0) is 25.7 Å². The molecule has 0 spiro atoms. The molecule has 34 heavy (non-hydrogen) atoms. The highest BCUT2D eigenvalue weighted by molar-refractivity contribution is 7.87. The van der Waals surface area contributed by atoms with Crippen LogP contribution in [0.4, 0.5) is 5.95 Å². The van der Waals surface area contributed by atoms with Gasteiger partial charge in [0.1, 0.15) is 29.2 Å². The quantitative estimate of drug-likeness (QED) is 0.410. The molecule has 0 radical (unpaired) electrons. The van der Waals surface area contributed by atoms with Crippen molar-refractivity contribution in [2.75, 3.05) is 26.1 Å². The van der Waals surface area contributed by atoms with E-state index in [4.69, 9.17) is 25.8 Å². The van der Waals surface area contributed by atoms with Gasteiger partial charge in [0, 0.05) is 25.9 Å². The Bertz CT molecular complexity index is 1140. The number of nitrogens with one attached hydrogen (secondary N) is 1. The third-order valence-corrected chi connectivity index (χ3v) is 6.87. The van der Waals surface area contributed by atoms with Crippen LogP contribution in [0.3, 0.4) is 0 Å². The first-order chi connectivity index (χ1) is 16.5. The van der Waals surface area contributed by atoms with Gasteiger partial charge in [0.05, 0.1) is 24.5 Å². The molecule has 1 N–H and O–H groups in total. The SMILES string of the molecule is COc1ncnc(OC)c1-n1c(CC2CC2)nnc1NS(=O)C(C)C(OC)c1ncc(Cl)cn1. The average Bonchev–Trinajstić information content (AvgIpc) is 3.59. The number of methoxy groups -OCH3 is 3. The first-order valence-corrected chi connectivity index (χ1v) is 12.1. The number of nitrogens with zero attached hydrogens (tertiary/aromatic N) is 7. The van der Waals surface area contributed by atoms with Gasteiger partial charge in [-0.15, -0.1) is 10.2 Å². The summed E-state index contributed by atoms with van der Waals surface area (Å²) in [6, 6.07) is 0. The molecule has 1 saturated carbocycles. The molecule has 3 atom stereocenters. The molecule has 3 heterocycles. The normalized spacial score (nSPS) is 16.0. The molecule has 1 fully saturated rings. The lowest BCUT2D eigenvalue weighted by Crippen LogP contribution is -2.29. The third kappa shape index (κ3) is 5.10. The van der Waals surface area contributed by atoms with Crippen molar-refractivity contribution in [1.82, 2.24) is 34.7 Å². The van der Waals surface area contributed by atoms with E-state index >= 15 is 0 Å². The van der Waals surface area contributed by atoms with Gasteiger partial charge in [0.2, 0.25) is 17.7 Å². The maximum absolute atomic E-state index is 13.4. The molecule has 182 valence electrons. The van der Waals surface area contributed by atoms with Crippen LogP contribution in [0.2, 0.25) is 5.02 Å². The van der Waals surface area contributed by atoms with Gasteiger partial charge in [0.25, 0.3) is 0 Å². The Kier molecular flexibility index (Phi) is 7.54. The fourth-order valence-electron chi connectivity index (χ4n) is 3.44. The summed E-state index contributed by atoms with van der Waals surface area (Å²) in [6.45, 7) is 1.76. The van der Waals surface area contributed by atoms with Crippen LogP contribution in [-0.2, 0) is 22.1 Å². The minimum absolute atomic E-state index is 0.235. The van der Waals surface area contributed by atoms with E-state index < -0.39 is 22.3 Å². The van der Waals surface area contributed by atoms with Crippen molar-refractivity contribution < 1.29 is 18.4 Å². The van der Waals surface area contributed by atoms with E-state index in [-0.39, 0.29) is 17.7 Å². The molecule has 14 heteroatoms. The van der Waals surface area contributed by atoms with Crippen molar-refractivity contribution in [2.24, 2.45) is 5.92 Å². The van der Waals surface area contributed by atoms with Crippen molar-refractivity contribution >= 4 is 28.5 Å². The Morgan fingerprint density at radius 2 is 1.76 bits per heavy atom. The molecule has 0 saturated heterocycles. The zero-order valence-corrected chi connectivity index (χ0v) is 20.7. The van der Waals surface area contributed by atoms with E-state index in [9.17, 15) is 4.21 Å². The van der Waals surface area contributed by atoms with Crippen molar-refractivity contribution in [1.29, 1.82) is 0 Å². The fourth-order valence-corrected chi connectivity index (χ4v) is 4.49. The second-order valence-corrected chi connectivity index (χ2v) is 9.66. The average molecular weight is 509 g/mol. The Morgan fingerprint density at radius 3 is 2.32 bits per heavy atom. The van der Waals surface area contributed by atoms with Crippen LogP contribution in [-0.4, -0.2) is 65.5 Å². The Labute approximate surface area is 204 Å². The van der Waals surface area contributed by atoms with Crippen LogP contribution in [0.5, 0.6) is 11.8 Å². The predicted octanol–water partition coefficient (Wildman–Crippen LogP) is 2.32. The number of halogens is 1. The maximum Gasteiger partial charge on any atom is 0.245 e. The van der Waals surface area contributed by atoms with E-state index in [1.807, 2.05) is 0 Å². The smallest absolute Gasteiger partial charge is 0.245 e. The second kappa shape index (κ2) is 10.6. The van der Waals surface area contributed by atoms with Gasteiger partial charge < -0.3 is 14.2 Å². The van der Waals surface area contributed by atoms with Crippen molar-refractivity contribution in [3.8, 4) is 17.4 Å². The van der Waals surface area contributed by atoms with Crippen molar-refractivity contribution in [3.05, 3.63) is 35.4 Å². The fraction of sp³-hybridized carbons (Fsp3) is 0.500. The molecule has 3 aromatic rings. The summed E-state index contributed by atoms with van der Waals surface area (Å²) >= 11 is 5.89. The molecular weight excluding hydrogens is 484 g/mol. The summed E-state index contributed by atoms with van der Waals surface area (Å²) in [5.74, 6) is 2.32. The van der Waals surface area contributed by atoms with Gasteiger partial charge in [-0.2, -0.15) is 9.97 Å². The molecule has 0 bridgehead atoms. The van der Waals surface area contributed by atoms with Gasteiger partial charge in [-0.25, -0.2) is 14.2 Å². The number of ether oxygens (including phenoxy) is 3. The topological polar surface area (TPSA) is 139 Å². The molecule has 1 aliphatic rings.